The number of hydrogen-bond donors (Lipinski definition) is 1. The first-order valence-electron chi connectivity index (χ1n) is 4.78. The summed E-state index contributed by atoms with van der Waals surface area (Å²) in [6.07, 6.45) is -4.64. The molecule has 0 aliphatic carbocycles. The van der Waals surface area contributed by atoms with Crippen LogP contribution >= 0.6 is 11.6 Å². The lowest BCUT2D eigenvalue weighted by Gasteiger charge is -2.07. The van der Waals surface area contributed by atoms with Gasteiger partial charge in [-0.2, -0.15) is 13.2 Å². The first-order valence-corrected chi connectivity index (χ1v) is 5.15. The van der Waals surface area contributed by atoms with Crippen molar-refractivity contribution in [2.45, 2.75) is 6.18 Å². The number of halogens is 4. The van der Waals surface area contributed by atoms with Crippen LogP contribution in [0, 0.1) is 0 Å². The molecule has 0 fully saturated rings. The Balaban J connectivity index is 2.48. The average Bonchev–Trinajstić information content (AvgIpc) is 2.27. The zero-order valence-corrected chi connectivity index (χ0v) is 9.50. The van der Waals surface area contributed by atoms with Gasteiger partial charge in [0, 0.05) is 16.7 Å². The highest BCUT2D eigenvalue weighted by molar-refractivity contribution is 6.30. The van der Waals surface area contributed by atoms with E-state index in [4.69, 9.17) is 11.6 Å². The SMILES string of the molecule is Oc1cc(C(F)(F)F)nnc1-c1cccc(Cl)c1. The molecule has 0 saturated carbocycles. The Morgan fingerprint density at radius 2 is 1.83 bits per heavy atom. The number of nitrogens with zero attached hydrogens (tertiary/aromatic N) is 2. The van der Waals surface area contributed by atoms with Crippen molar-refractivity contribution in [1.29, 1.82) is 0 Å². The fraction of sp³-hybridized carbons (Fsp3) is 0.0909. The van der Waals surface area contributed by atoms with Crippen LogP contribution in [0.5, 0.6) is 5.75 Å². The summed E-state index contributed by atoms with van der Waals surface area (Å²) in [5, 5.41) is 16.4. The van der Waals surface area contributed by atoms with E-state index < -0.39 is 17.6 Å². The maximum absolute atomic E-state index is 12.3. The lowest BCUT2D eigenvalue weighted by atomic mass is 10.1. The van der Waals surface area contributed by atoms with Crippen molar-refractivity contribution in [3.63, 3.8) is 0 Å². The molecule has 0 atom stereocenters. The van der Waals surface area contributed by atoms with Gasteiger partial charge in [0.1, 0.15) is 11.4 Å². The third-order valence-corrected chi connectivity index (χ3v) is 2.40. The zero-order chi connectivity index (χ0) is 13.3. The topological polar surface area (TPSA) is 46.0 Å². The Kier molecular flexibility index (Phi) is 3.13. The molecule has 3 nitrogen and oxygen atoms in total. The van der Waals surface area contributed by atoms with Crippen LogP contribution < -0.4 is 0 Å². The predicted octanol–water partition coefficient (Wildman–Crippen LogP) is 3.52. The van der Waals surface area contributed by atoms with Crippen molar-refractivity contribution >= 4 is 11.6 Å². The van der Waals surface area contributed by atoms with Crippen molar-refractivity contribution in [2.24, 2.45) is 0 Å². The quantitative estimate of drug-likeness (QED) is 0.865. The molecule has 1 heterocycles. The third-order valence-electron chi connectivity index (χ3n) is 2.16. The van der Waals surface area contributed by atoms with Crippen molar-refractivity contribution < 1.29 is 18.3 Å². The van der Waals surface area contributed by atoms with Gasteiger partial charge in [-0.05, 0) is 12.1 Å². The highest BCUT2D eigenvalue weighted by atomic mass is 35.5. The second-order valence-corrected chi connectivity index (χ2v) is 3.91. The van der Waals surface area contributed by atoms with Crippen LogP contribution in [0.1, 0.15) is 5.69 Å². The van der Waals surface area contributed by atoms with Gasteiger partial charge in [-0.3, -0.25) is 0 Å². The molecule has 0 aliphatic heterocycles. The van der Waals surface area contributed by atoms with E-state index in [0.717, 1.165) is 0 Å². The van der Waals surface area contributed by atoms with Gasteiger partial charge in [-0.25, -0.2) is 0 Å². The molecular formula is C11H6ClF3N2O. The fourth-order valence-corrected chi connectivity index (χ4v) is 1.55. The highest BCUT2D eigenvalue weighted by Crippen LogP contribution is 2.33. The Bertz CT molecular complexity index is 587. The van der Waals surface area contributed by atoms with E-state index in [9.17, 15) is 18.3 Å². The van der Waals surface area contributed by atoms with E-state index in [-0.39, 0.29) is 5.69 Å². The Morgan fingerprint density at radius 3 is 2.39 bits per heavy atom. The molecule has 0 unspecified atom stereocenters. The van der Waals surface area contributed by atoms with Gasteiger partial charge in [0.05, 0.1) is 0 Å². The van der Waals surface area contributed by atoms with Crippen molar-refractivity contribution in [2.75, 3.05) is 0 Å². The lowest BCUT2D eigenvalue weighted by molar-refractivity contribution is -0.141. The summed E-state index contributed by atoms with van der Waals surface area (Å²) in [4.78, 5) is 0. The Hall–Kier alpha value is -1.82. The average molecular weight is 275 g/mol. The Labute approximate surface area is 105 Å². The van der Waals surface area contributed by atoms with E-state index in [0.29, 0.717) is 16.7 Å². The van der Waals surface area contributed by atoms with Crippen LogP contribution in [0.15, 0.2) is 30.3 Å². The standard InChI is InChI=1S/C11H6ClF3N2O/c12-7-3-1-2-6(4-7)10-8(18)5-9(16-17-10)11(13,14)15/h1-5H,(H,16,18). The van der Waals surface area contributed by atoms with Crippen LogP contribution in [0.4, 0.5) is 13.2 Å². The highest BCUT2D eigenvalue weighted by Gasteiger charge is 2.34. The molecule has 0 bridgehead atoms. The number of benzene rings is 1. The van der Waals surface area contributed by atoms with Crippen LogP contribution in [-0.2, 0) is 6.18 Å². The summed E-state index contributed by atoms with van der Waals surface area (Å²) in [5.74, 6) is -0.598. The molecule has 0 aliphatic rings. The molecule has 1 N–H and O–H groups in total. The Morgan fingerprint density at radius 1 is 1.11 bits per heavy atom. The second-order valence-electron chi connectivity index (χ2n) is 3.47. The number of hydrogen-bond acceptors (Lipinski definition) is 3. The van der Waals surface area contributed by atoms with Crippen molar-refractivity contribution in [1.82, 2.24) is 10.2 Å². The normalized spacial score (nSPS) is 11.6. The van der Waals surface area contributed by atoms with Gasteiger partial charge in [0.25, 0.3) is 0 Å². The first-order chi connectivity index (χ1) is 8.38. The first kappa shape index (κ1) is 12.6. The van der Waals surface area contributed by atoms with Gasteiger partial charge in [-0.15, -0.1) is 10.2 Å². The number of aromatic nitrogens is 2. The molecule has 0 spiro atoms. The molecule has 94 valence electrons. The van der Waals surface area contributed by atoms with Gasteiger partial charge in [-0.1, -0.05) is 23.7 Å². The van der Waals surface area contributed by atoms with E-state index in [1.807, 2.05) is 0 Å². The molecule has 7 heteroatoms. The molecule has 0 saturated heterocycles. The summed E-state index contributed by atoms with van der Waals surface area (Å²) >= 11 is 5.74. The van der Waals surface area contributed by atoms with Crippen LogP contribution in [0.2, 0.25) is 5.02 Å². The summed E-state index contributed by atoms with van der Waals surface area (Å²) in [5.41, 5.74) is -0.905. The lowest BCUT2D eigenvalue weighted by Crippen LogP contribution is -2.09. The van der Waals surface area contributed by atoms with Gasteiger partial charge in [0.15, 0.2) is 5.69 Å². The molecule has 18 heavy (non-hydrogen) atoms. The molecule has 1 aromatic heterocycles. The van der Waals surface area contributed by atoms with Crippen molar-refractivity contribution in [3.8, 4) is 17.0 Å². The minimum absolute atomic E-state index is 0.0505. The largest absolute Gasteiger partial charge is 0.506 e. The molecule has 0 radical (unpaired) electrons. The second kappa shape index (κ2) is 4.45. The molecular weight excluding hydrogens is 269 g/mol. The minimum Gasteiger partial charge on any atom is -0.506 e. The molecule has 1 aromatic carbocycles. The van der Waals surface area contributed by atoms with Crippen LogP contribution in [-0.4, -0.2) is 15.3 Å². The van der Waals surface area contributed by atoms with E-state index in [2.05, 4.69) is 10.2 Å². The van der Waals surface area contributed by atoms with Gasteiger partial charge >= 0.3 is 6.18 Å². The zero-order valence-electron chi connectivity index (χ0n) is 8.74. The van der Waals surface area contributed by atoms with Crippen molar-refractivity contribution in [3.05, 3.63) is 41.0 Å². The van der Waals surface area contributed by atoms with Crippen LogP contribution in [0.25, 0.3) is 11.3 Å². The summed E-state index contributed by atoms with van der Waals surface area (Å²) in [7, 11) is 0. The maximum Gasteiger partial charge on any atom is 0.435 e. The van der Waals surface area contributed by atoms with E-state index >= 15 is 0 Å². The third kappa shape index (κ3) is 2.53. The number of aromatic hydroxyl groups is 1. The summed E-state index contributed by atoms with van der Waals surface area (Å²) in [6.45, 7) is 0. The maximum atomic E-state index is 12.3. The summed E-state index contributed by atoms with van der Waals surface area (Å²) in [6, 6.07) is 6.75. The van der Waals surface area contributed by atoms with Gasteiger partial charge < -0.3 is 5.11 Å². The smallest absolute Gasteiger partial charge is 0.435 e. The summed E-state index contributed by atoms with van der Waals surface area (Å²) < 4.78 is 37.0. The van der Waals surface area contributed by atoms with E-state index in [1.54, 1.807) is 18.2 Å². The van der Waals surface area contributed by atoms with E-state index in [1.165, 1.54) is 6.07 Å². The molecule has 2 rings (SSSR count). The van der Waals surface area contributed by atoms with Crippen LogP contribution in [0.3, 0.4) is 0 Å². The number of rotatable bonds is 1. The molecule has 0 amide bonds. The monoisotopic (exact) mass is 274 g/mol. The minimum atomic E-state index is -4.64. The fourth-order valence-electron chi connectivity index (χ4n) is 1.36. The number of alkyl halides is 3. The predicted molar refractivity (Wildman–Crippen MR) is 59.1 cm³/mol. The van der Waals surface area contributed by atoms with Gasteiger partial charge in [0.2, 0.25) is 0 Å². The molecule has 2 aromatic rings.